The molecule has 0 rings (SSSR count). The lowest BCUT2D eigenvalue weighted by molar-refractivity contribution is 0.372. The summed E-state index contributed by atoms with van der Waals surface area (Å²) in [6, 6.07) is 0. The second-order valence-electron chi connectivity index (χ2n) is 2.79. The van der Waals surface area contributed by atoms with Gasteiger partial charge in [-0.15, -0.1) is 0 Å². The summed E-state index contributed by atoms with van der Waals surface area (Å²) in [7, 11) is -3.76. The second-order valence-corrected chi connectivity index (χ2v) is 4.57. The highest BCUT2D eigenvalue weighted by atomic mass is 31.2. The van der Waals surface area contributed by atoms with Crippen LogP contribution in [0.5, 0.6) is 0 Å². The Kier molecular flexibility index (Phi) is 6.35. The molecule has 2 N–H and O–H groups in total. The lowest BCUT2D eigenvalue weighted by atomic mass is 10.2. The van der Waals surface area contributed by atoms with Gasteiger partial charge in [0.1, 0.15) is 0 Å². The van der Waals surface area contributed by atoms with Crippen molar-refractivity contribution in [2.24, 2.45) is 0 Å². The van der Waals surface area contributed by atoms with Crippen LogP contribution in [0.1, 0.15) is 32.6 Å². The minimum absolute atomic E-state index is 0.00344. The fraction of sp³-hybridized carbons (Fsp3) is 0.750. The summed E-state index contributed by atoms with van der Waals surface area (Å²) in [5.41, 5.74) is 0. The van der Waals surface area contributed by atoms with Crippen LogP contribution in [-0.4, -0.2) is 15.9 Å². The van der Waals surface area contributed by atoms with Crippen molar-refractivity contribution < 1.29 is 14.4 Å². The maximum Gasteiger partial charge on any atom is 0.325 e. The molecule has 0 fully saturated rings. The monoisotopic (exact) mass is 192 g/mol. The van der Waals surface area contributed by atoms with Gasteiger partial charge in [-0.3, -0.25) is 4.57 Å². The van der Waals surface area contributed by atoms with E-state index in [1.807, 2.05) is 6.08 Å². The molecular weight excluding hydrogens is 175 g/mol. The highest BCUT2D eigenvalue weighted by molar-refractivity contribution is 7.51. The van der Waals surface area contributed by atoms with Gasteiger partial charge in [0.2, 0.25) is 0 Å². The molecule has 0 bridgehead atoms. The average Bonchev–Trinajstić information content (AvgIpc) is 1.94. The summed E-state index contributed by atoms with van der Waals surface area (Å²) in [4.78, 5) is 17.0. The maximum atomic E-state index is 10.4. The van der Waals surface area contributed by atoms with Crippen LogP contribution in [0, 0.1) is 0 Å². The first kappa shape index (κ1) is 11.9. The molecule has 0 heterocycles. The summed E-state index contributed by atoms with van der Waals surface area (Å²) in [6.45, 7) is 2.10. The average molecular weight is 192 g/mol. The third-order valence-electron chi connectivity index (χ3n) is 1.44. The Bertz CT molecular complexity index is 171. The number of hydrogen-bond acceptors (Lipinski definition) is 1. The fourth-order valence-corrected chi connectivity index (χ4v) is 1.41. The van der Waals surface area contributed by atoms with Crippen molar-refractivity contribution in [1.29, 1.82) is 0 Å². The Labute approximate surface area is 73.7 Å². The molecule has 0 aromatic carbocycles. The van der Waals surface area contributed by atoms with Gasteiger partial charge in [0.05, 0.1) is 6.16 Å². The standard InChI is InChI=1S/C8H17O3P/c1-2-3-4-5-6-7-8-12(9,10)11/h4-5H,2-3,6-8H2,1H3,(H2,9,10,11). The van der Waals surface area contributed by atoms with Crippen LogP contribution < -0.4 is 0 Å². The summed E-state index contributed by atoms with van der Waals surface area (Å²) in [5, 5.41) is 0. The minimum Gasteiger partial charge on any atom is -0.324 e. The van der Waals surface area contributed by atoms with E-state index in [4.69, 9.17) is 9.79 Å². The highest BCUT2D eigenvalue weighted by Gasteiger charge is 2.10. The van der Waals surface area contributed by atoms with Crippen LogP contribution in [0.15, 0.2) is 12.2 Å². The molecule has 0 aliphatic heterocycles. The Hall–Kier alpha value is -0.110. The van der Waals surface area contributed by atoms with E-state index in [0.29, 0.717) is 6.42 Å². The fourth-order valence-electron chi connectivity index (χ4n) is 0.817. The van der Waals surface area contributed by atoms with Gasteiger partial charge in [0.15, 0.2) is 0 Å². The van der Waals surface area contributed by atoms with Crippen molar-refractivity contribution in [3.8, 4) is 0 Å². The molecule has 0 aromatic rings. The molecule has 0 unspecified atom stereocenters. The Morgan fingerprint density at radius 1 is 1.25 bits per heavy atom. The first-order chi connectivity index (χ1) is 5.56. The Morgan fingerprint density at radius 3 is 2.33 bits per heavy atom. The van der Waals surface area contributed by atoms with E-state index in [9.17, 15) is 4.57 Å². The molecule has 0 atom stereocenters. The highest BCUT2D eigenvalue weighted by Crippen LogP contribution is 2.35. The van der Waals surface area contributed by atoms with Gasteiger partial charge in [-0.1, -0.05) is 25.5 Å². The Morgan fingerprint density at radius 2 is 1.83 bits per heavy atom. The molecule has 4 heteroatoms. The number of unbranched alkanes of at least 4 members (excludes halogenated alkanes) is 2. The first-order valence-corrected chi connectivity index (χ1v) is 6.05. The summed E-state index contributed by atoms with van der Waals surface area (Å²) in [6.07, 6.45) is 7.56. The van der Waals surface area contributed by atoms with Gasteiger partial charge in [-0.05, 0) is 19.3 Å². The van der Waals surface area contributed by atoms with Crippen LogP contribution >= 0.6 is 7.60 Å². The van der Waals surface area contributed by atoms with Gasteiger partial charge in [-0.25, -0.2) is 0 Å². The van der Waals surface area contributed by atoms with Gasteiger partial charge >= 0.3 is 7.60 Å². The van der Waals surface area contributed by atoms with Crippen LogP contribution in [0.3, 0.4) is 0 Å². The quantitative estimate of drug-likeness (QED) is 0.385. The third-order valence-corrected chi connectivity index (χ3v) is 2.34. The van der Waals surface area contributed by atoms with Crippen molar-refractivity contribution in [1.82, 2.24) is 0 Å². The zero-order chi connectivity index (χ0) is 9.45. The molecular formula is C8H17O3P. The topological polar surface area (TPSA) is 57.5 Å². The summed E-state index contributed by atoms with van der Waals surface area (Å²) < 4.78 is 10.4. The molecule has 0 aliphatic rings. The minimum atomic E-state index is -3.76. The van der Waals surface area contributed by atoms with E-state index >= 15 is 0 Å². The van der Waals surface area contributed by atoms with Crippen LogP contribution in [0.2, 0.25) is 0 Å². The van der Waals surface area contributed by atoms with Crippen molar-refractivity contribution >= 4 is 7.60 Å². The molecule has 0 saturated carbocycles. The largest absolute Gasteiger partial charge is 0.325 e. The van der Waals surface area contributed by atoms with Crippen LogP contribution in [-0.2, 0) is 4.57 Å². The molecule has 0 spiro atoms. The Balaban J connectivity index is 3.27. The molecule has 0 amide bonds. The van der Waals surface area contributed by atoms with Crippen LogP contribution in [0.25, 0.3) is 0 Å². The van der Waals surface area contributed by atoms with Gasteiger partial charge in [0, 0.05) is 0 Å². The van der Waals surface area contributed by atoms with Crippen molar-refractivity contribution in [3.63, 3.8) is 0 Å². The zero-order valence-electron chi connectivity index (χ0n) is 7.44. The van der Waals surface area contributed by atoms with E-state index in [1.165, 1.54) is 0 Å². The number of allylic oxidation sites excluding steroid dienone is 2. The molecule has 12 heavy (non-hydrogen) atoms. The van der Waals surface area contributed by atoms with E-state index in [-0.39, 0.29) is 6.16 Å². The van der Waals surface area contributed by atoms with E-state index in [1.54, 1.807) is 0 Å². The van der Waals surface area contributed by atoms with Gasteiger partial charge < -0.3 is 9.79 Å². The number of hydrogen-bond donors (Lipinski definition) is 2. The molecule has 72 valence electrons. The molecule has 0 saturated heterocycles. The molecule has 3 nitrogen and oxygen atoms in total. The van der Waals surface area contributed by atoms with E-state index < -0.39 is 7.60 Å². The van der Waals surface area contributed by atoms with Crippen molar-refractivity contribution in [3.05, 3.63) is 12.2 Å². The summed E-state index contributed by atoms with van der Waals surface area (Å²) >= 11 is 0. The van der Waals surface area contributed by atoms with E-state index in [0.717, 1.165) is 19.3 Å². The second kappa shape index (κ2) is 6.41. The predicted molar refractivity (Wildman–Crippen MR) is 50.2 cm³/mol. The maximum absolute atomic E-state index is 10.4. The smallest absolute Gasteiger partial charge is 0.324 e. The SMILES string of the molecule is CCCC=CCCCP(=O)(O)O. The normalized spacial score (nSPS) is 12.6. The summed E-state index contributed by atoms with van der Waals surface area (Å²) in [5.74, 6) is 0. The van der Waals surface area contributed by atoms with Crippen molar-refractivity contribution in [2.45, 2.75) is 32.6 Å². The predicted octanol–water partition coefficient (Wildman–Crippen LogP) is 2.30. The molecule has 0 aliphatic carbocycles. The van der Waals surface area contributed by atoms with E-state index in [2.05, 4.69) is 13.0 Å². The number of rotatable bonds is 6. The first-order valence-electron chi connectivity index (χ1n) is 4.26. The third kappa shape index (κ3) is 9.89. The van der Waals surface area contributed by atoms with Crippen molar-refractivity contribution in [2.75, 3.05) is 6.16 Å². The lowest BCUT2D eigenvalue weighted by Gasteiger charge is -1.99. The molecule has 0 radical (unpaired) electrons. The van der Waals surface area contributed by atoms with Gasteiger partial charge in [-0.2, -0.15) is 0 Å². The molecule has 0 aromatic heterocycles. The van der Waals surface area contributed by atoms with Gasteiger partial charge in [0.25, 0.3) is 0 Å². The van der Waals surface area contributed by atoms with Crippen LogP contribution in [0.4, 0.5) is 0 Å². The zero-order valence-corrected chi connectivity index (χ0v) is 8.33. The lowest BCUT2D eigenvalue weighted by Crippen LogP contribution is -1.85.